The first-order chi connectivity index (χ1) is 9.88. The highest BCUT2D eigenvalue weighted by Crippen LogP contribution is 2.31. The summed E-state index contributed by atoms with van der Waals surface area (Å²) in [5.74, 6) is 0.592. The van der Waals surface area contributed by atoms with E-state index in [0.717, 1.165) is 32.1 Å². The minimum atomic E-state index is -2.51. The van der Waals surface area contributed by atoms with Crippen molar-refractivity contribution < 1.29 is 14.1 Å². The monoisotopic (exact) mass is 317 g/mol. The van der Waals surface area contributed by atoms with Crippen LogP contribution >= 0.6 is 0 Å². The molecule has 5 N–H and O–H groups in total. The Labute approximate surface area is 126 Å². The van der Waals surface area contributed by atoms with Crippen LogP contribution in [-0.2, 0) is 14.5 Å². The van der Waals surface area contributed by atoms with Crippen molar-refractivity contribution in [3.8, 4) is 0 Å². The number of carbonyl (C=O) groups is 1. The van der Waals surface area contributed by atoms with Gasteiger partial charge in [-0.1, -0.05) is 19.3 Å². The van der Waals surface area contributed by atoms with Gasteiger partial charge in [0.2, 0.25) is 0 Å². The molecule has 1 amide bonds. The molecule has 7 heteroatoms. The van der Waals surface area contributed by atoms with Crippen molar-refractivity contribution in [2.45, 2.75) is 56.6 Å². The molecule has 21 heavy (non-hydrogen) atoms. The molecule has 1 atom stereocenters. The number of carbonyl (C=O) groups excluding carboxylic acids is 1. The summed E-state index contributed by atoms with van der Waals surface area (Å²) in [7, 11) is -2.51. The van der Waals surface area contributed by atoms with Crippen LogP contribution in [0.1, 0.15) is 44.9 Å². The molecule has 1 heterocycles. The van der Waals surface area contributed by atoms with E-state index < -0.39 is 27.3 Å². The summed E-state index contributed by atoms with van der Waals surface area (Å²) >= 11 is 0. The van der Waals surface area contributed by atoms with Gasteiger partial charge in [0.25, 0.3) is 5.91 Å². The van der Waals surface area contributed by atoms with Gasteiger partial charge in [-0.25, -0.2) is 4.21 Å². The average Bonchev–Trinajstić information content (AvgIpc) is 2.47. The van der Waals surface area contributed by atoms with Gasteiger partial charge in [0.1, 0.15) is 6.04 Å². The topological polar surface area (TPSA) is 119 Å². The summed E-state index contributed by atoms with van der Waals surface area (Å²) in [4.78, 5) is 12.2. The Morgan fingerprint density at radius 1 is 1.29 bits per heavy atom. The molecule has 1 saturated heterocycles. The lowest BCUT2D eigenvalue weighted by atomic mass is 9.79. The zero-order valence-corrected chi connectivity index (χ0v) is 13.3. The molecule has 0 aromatic rings. The number of amides is 1. The van der Waals surface area contributed by atoms with E-state index in [0.29, 0.717) is 36.8 Å². The van der Waals surface area contributed by atoms with Crippen molar-refractivity contribution >= 4 is 15.6 Å². The molecule has 1 aliphatic heterocycles. The fraction of sp³-hybridized carbons (Fsp3) is 0.929. The molecule has 1 unspecified atom stereocenters. The predicted octanol–water partition coefficient (Wildman–Crippen LogP) is 0.372. The number of hydrogen-bond acceptors (Lipinski definition) is 5. The van der Waals surface area contributed by atoms with Gasteiger partial charge < -0.3 is 16.6 Å². The van der Waals surface area contributed by atoms with E-state index in [1.165, 1.54) is 0 Å². The van der Waals surface area contributed by atoms with Crippen molar-refractivity contribution in [1.29, 1.82) is 0 Å². The van der Waals surface area contributed by atoms with Crippen LogP contribution in [-0.4, -0.2) is 44.9 Å². The third kappa shape index (κ3) is 4.03. The Balaban J connectivity index is 2.06. The first-order valence-corrected chi connectivity index (χ1v) is 9.68. The van der Waals surface area contributed by atoms with Gasteiger partial charge in [0.15, 0.2) is 0 Å². The second-order valence-electron chi connectivity index (χ2n) is 6.43. The average molecular weight is 317 g/mol. The SMILES string of the molecule is NCC1CCS(=O)(=NC(=O)C(N)C2(O)CCCCC2)CC1. The van der Waals surface area contributed by atoms with E-state index in [4.69, 9.17) is 11.5 Å². The van der Waals surface area contributed by atoms with Crippen LogP contribution in [0.3, 0.4) is 0 Å². The predicted molar refractivity (Wildman–Crippen MR) is 83.1 cm³/mol. The maximum atomic E-state index is 12.6. The molecular formula is C14H27N3O3S. The lowest BCUT2D eigenvalue weighted by Crippen LogP contribution is -2.53. The van der Waals surface area contributed by atoms with Gasteiger partial charge in [0.05, 0.1) is 15.3 Å². The minimum Gasteiger partial charge on any atom is -0.388 e. The molecule has 2 fully saturated rings. The maximum absolute atomic E-state index is 12.6. The number of rotatable bonds is 3. The zero-order valence-electron chi connectivity index (χ0n) is 12.5. The summed E-state index contributed by atoms with van der Waals surface area (Å²) in [5.41, 5.74) is 10.4. The van der Waals surface area contributed by atoms with Gasteiger partial charge in [-0.15, -0.1) is 0 Å². The second kappa shape index (κ2) is 6.73. The molecule has 1 saturated carbocycles. The Bertz CT molecular complexity index is 480. The summed E-state index contributed by atoms with van der Waals surface area (Å²) < 4.78 is 16.5. The zero-order chi connectivity index (χ0) is 15.5. The van der Waals surface area contributed by atoms with E-state index in [1.807, 2.05) is 0 Å². The van der Waals surface area contributed by atoms with Crippen molar-refractivity contribution in [1.82, 2.24) is 0 Å². The van der Waals surface area contributed by atoms with Gasteiger partial charge in [-0.2, -0.15) is 4.36 Å². The molecule has 0 bridgehead atoms. The third-order valence-corrected chi connectivity index (χ3v) is 7.10. The van der Waals surface area contributed by atoms with E-state index in [2.05, 4.69) is 4.36 Å². The Morgan fingerprint density at radius 3 is 2.38 bits per heavy atom. The highest BCUT2D eigenvalue weighted by atomic mass is 32.2. The Morgan fingerprint density at radius 2 is 1.86 bits per heavy atom. The van der Waals surface area contributed by atoms with Crippen LogP contribution in [0.2, 0.25) is 0 Å². The fourth-order valence-corrected chi connectivity index (χ4v) is 5.43. The van der Waals surface area contributed by atoms with Gasteiger partial charge in [0, 0.05) is 11.5 Å². The van der Waals surface area contributed by atoms with Crippen molar-refractivity contribution in [2.24, 2.45) is 21.7 Å². The van der Waals surface area contributed by atoms with Crippen LogP contribution < -0.4 is 11.5 Å². The molecule has 0 radical (unpaired) electrons. The normalized spacial score (nSPS) is 34.1. The first kappa shape index (κ1) is 16.9. The van der Waals surface area contributed by atoms with Crippen LogP contribution in [0.15, 0.2) is 4.36 Å². The standard InChI is InChI=1S/C14H27N3O3S/c15-10-11-4-8-21(20,9-5-11)17-13(18)12(16)14(19)6-2-1-3-7-14/h11-12,19H,1-10,15-16H2. The van der Waals surface area contributed by atoms with Crippen LogP contribution in [0.5, 0.6) is 0 Å². The molecule has 6 nitrogen and oxygen atoms in total. The number of nitrogens with zero attached hydrogens (tertiary/aromatic N) is 1. The minimum absolute atomic E-state index is 0.376. The second-order valence-corrected chi connectivity index (χ2v) is 8.98. The Kier molecular flexibility index (Phi) is 5.40. The summed E-state index contributed by atoms with van der Waals surface area (Å²) in [6, 6.07) is -1.05. The molecule has 122 valence electrons. The molecule has 1 aliphatic carbocycles. The van der Waals surface area contributed by atoms with Crippen LogP contribution in [0, 0.1) is 5.92 Å². The van der Waals surface area contributed by atoms with Crippen LogP contribution in [0.25, 0.3) is 0 Å². The van der Waals surface area contributed by atoms with E-state index in [1.54, 1.807) is 0 Å². The van der Waals surface area contributed by atoms with Crippen molar-refractivity contribution in [3.05, 3.63) is 0 Å². The molecule has 0 spiro atoms. The largest absolute Gasteiger partial charge is 0.388 e. The van der Waals surface area contributed by atoms with Crippen molar-refractivity contribution in [2.75, 3.05) is 18.1 Å². The van der Waals surface area contributed by atoms with E-state index in [9.17, 15) is 14.1 Å². The van der Waals surface area contributed by atoms with E-state index in [-0.39, 0.29) is 0 Å². The lowest BCUT2D eigenvalue weighted by molar-refractivity contribution is -0.126. The van der Waals surface area contributed by atoms with Gasteiger partial charge in [-0.3, -0.25) is 4.79 Å². The number of hydrogen-bond donors (Lipinski definition) is 3. The smallest absolute Gasteiger partial charge is 0.273 e. The third-order valence-electron chi connectivity index (χ3n) is 4.84. The molecule has 0 aromatic carbocycles. The summed E-state index contributed by atoms with van der Waals surface area (Å²) in [5, 5.41) is 10.5. The summed E-state index contributed by atoms with van der Waals surface area (Å²) in [6.45, 7) is 0.586. The highest BCUT2D eigenvalue weighted by molar-refractivity contribution is 7.93. The molecular weight excluding hydrogens is 290 g/mol. The quantitative estimate of drug-likeness (QED) is 0.695. The van der Waals surface area contributed by atoms with E-state index >= 15 is 0 Å². The van der Waals surface area contributed by atoms with Gasteiger partial charge in [-0.05, 0) is 38.1 Å². The fourth-order valence-electron chi connectivity index (χ4n) is 3.20. The maximum Gasteiger partial charge on any atom is 0.273 e. The summed E-state index contributed by atoms with van der Waals surface area (Å²) in [6.07, 6.45) is 5.31. The van der Waals surface area contributed by atoms with Crippen LogP contribution in [0.4, 0.5) is 0 Å². The molecule has 2 rings (SSSR count). The number of nitrogens with two attached hydrogens (primary N) is 2. The highest BCUT2D eigenvalue weighted by Gasteiger charge is 2.40. The molecule has 0 aromatic heterocycles. The number of aliphatic hydroxyl groups is 1. The first-order valence-electron chi connectivity index (χ1n) is 7.83. The molecule has 2 aliphatic rings. The van der Waals surface area contributed by atoms with Crippen molar-refractivity contribution in [3.63, 3.8) is 0 Å². The lowest BCUT2D eigenvalue weighted by Gasteiger charge is -2.35. The Hall–Kier alpha value is -0.500. The van der Waals surface area contributed by atoms with Gasteiger partial charge >= 0.3 is 0 Å².